The Balaban J connectivity index is 1.68. The van der Waals surface area contributed by atoms with Gasteiger partial charge in [-0.25, -0.2) is 0 Å². The number of aromatic nitrogens is 2. The number of halogens is 1. The first-order valence-corrected chi connectivity index (χ1v) is 8.27. The maximum Gasteiger partial charge on any atom is 0.255 e. The molecule has 6 heteroatoms. The molecule has 2 atom stereocenters. The third-order valence-electron chi connectivity index (χ3n) is 4.30. The summed E-state index contributed by atoms with van der Waals surface area (Å²) in [5.74, 6) is 0.179. The average Bonchev–Trinajstić information content (AvgIpc) is 3.02. The van der Waals surface area contributed by atoms with E-state index in [0.717, 1.165) is 31.2 Å². The molecule has 1 amide bonds. The minimum Gasteiger partial charge on any atom is -0.393 e. The third kappa shape index (κ3) is 3.92. The van der Waals surface area contributed by atoms with Crippen molar-refractivity contribution in [1.29, 1.82) is 0 Å². The second-order valence-electron chi connectivity index (χ2n) is 6.07. The maximum atomic E-state index is 12.4. The first kappa shape index (κ1) is 16.0. The molecule has 1 aliphatic carbocycles. The average molecular weight is 334 g/mol. The van der Waals surface area contributed by atoms with Crippen molar-refractivity contribution in [3.63, 3.8) is 0 Å². The van der Waals surface area contributed by atoms with Gasteiger partial charge >= 0.3 is 0 Å². The number of amides is 1. The summed E-state index contributed by atoms with van der Waals surface area (Å²) in [4.78, 5) is 12.4. The van der Waals surface area contributed by atoms with Crippen LogP contribution in [-0.4, -0.2) is 33.9 Å². The highest BCUT2D eigenvalue weighted by atomic mass is 35.5. The second-order valence-corrected chi connectivity index (χ2v) is 6.50. The SMILES string of the molecule is O=C(NC[C@H]1CCC[C@@H](O)C1)c1cn[nH]c1-c1cccc(Cl)c1. The molecule has 3 N–H and O–H groups in total. The summed E-state index contributed by atoms with van der Waals surface area (Å²) in [5.41, 5.74) is 1.99. The van der Waals surface area contributed by atoms with E-state index >= 15 is 0 Å². The summed E-state index contributed by atoms with van der Waals surface area (Å²) in [6.45, 7) is 0.579. The molecule has 23 heavy (non-hydrogen) atoms. The number of rotatable bonds is 4. The predicted octanol–water partition coefficient (Wildman–Crippen LogP) is 3.01. The quantitative estimate of drug-likeness (QED) is 0.804. The summed E-state index contributed by atoms with van der Waals surface area (Å²) in [7, 11) is 0. The monoisotopic (exact) mass is 333 g/mol. The van der Waals surface area contributed by atoms with Crippen molar-refractivity contribution in [3.05, 3.63) is 41.0 Å². The Hall–Kier alpha value is -1.85. The number of H-pyrrole nitrogens is 1. The number of aromatic amines is 1. The van der Waals surface area contributed by atoms with Crippen LogP contribution in [0.4, 0.5) is 0 Å². The smallest absolute Gasteiger partial charge is 0.255 e. The van der Waals surface area contributed by atoms with Crippen LogP contribution in [0.25, 0.3) is 11.3 Å². The van der Waals surface area contributed by atoms with Gasteiger partial charge < -0.3 is 10.4 Å². The fraction of sp³-hybridized carbons (Fsp3) is 0.412. The minimum absolute atomic E-state index is 0.159. The Morgan fingerprint density at radius 3 is 3.09 bits per heavy atom. The lowest BCUT2D eigenvalue weighted by molar-refractivity contribution is 0.0874. The van der Waals surface area contributed by atoms with E-state index in [4.69, 9.17) is 11.6 Å². The number of nitrogens with zero attached hydrogens (tertiary/aromatic N) is 1. The van der Waals surface area contributed by atoms with E-state index < -0.39 is 0 Å². The Labute approximate surface area is 140 Å². The van der Waals surface area contributed by atoms with Crippen molar-refractivity contribution in [3.8, 4) is 11.3 Å². The fourth-order valence-electron chi connectivity index (χ4n) is 3.10. The molecule has 0 radical (unpaired) electrons. The van der Waals surface area contributed by atoms with Crippen molar-refractivity contribution in [2.24, 2.45) is 5.92 Å². The zero-order chi connectivity index (χ0) is 16.2. The van der Waals surface area contributed by atoms with E-state index in [9.17, 15) is 9.90 Å². The zero-order valence-electron chi connectivity index (χ0n) is 12.8. The van der Waals surface area contributed by atoms with Crippen molar-refractivity contribution in [1.82, 2.24) is 15.5 Å². The van der Waals surface area contributed by atoms with Gasteiger partial charge in [-0.1, -0.05) is 30.2 Å². The van der Waals surface area contributed by atoms with Gasteiger partial charge in [0, 0.05) is 17.1 Å². The van der Waals surface area contributed by atoms with Crippen molar-refractivity contribution < 1.29 is 9.90 Å². The van der Waals surface area contributed by atoms with Crippen LogP contribution in [-0.2, 0) is 0 Å². The van der Waals surface area contributed by atoms with Crippen LogP contribution >= 0.6 is 11.6 Å². The van der Waals surface area contributed by atoms with Gasteiger partial charge in [0.15, 0.2) is 0 Å². The van der Waals surface area contributed by atoms with Crippen molar-refractivity contribution >= 4 is 17.5 Å². The molecule has 1 aromatic heterocycles. The Morgan fingerprint density at radius 2 is 2.30 bits per heavy atom. The van der Waals surface area contributed by atoms with Crippen LogP contribution in [0.1, 0.15) is 36.0 Å². The molecule has 1 aromatic carbocycles. The molecule has 0 spiro atoms. The molecule has 1 saturated carbocycles. The highest BCUT2D eigenvalue weighted by molar-refractivity contribution is 6.30. The molecule has 0 unspecified atom stereocenters. The lowest BCUT2D eigenvalue weighted by Gasteiger charge is -2.25. The number of carbonyl (C=O) groups is 1. The molecular formula is C17H20ClN3O2. The van der Waals surface area contributed by atoms with Crippen LogP contribution < -0.4 is 5.32 Å². The Kier molecular flexibility index (Phi) is 4.98. The molecule has 1 heterocycles. The first-order chi connectivity index (χ1) is 11.1. The molecule has 3 rings (SSSR count). The molecule has 0 aliphatic heterocycles. The first-order valence-electron chi connectivity index (χ1n) is 7.89. The normalized spacial score (nSPS) is 21.1. The van der Waals surface area contributed by atoms with Crippen LogP contribution in [0.3, 0.4) is 0 Å². The summed E-state index contributed by atoms with van der Waals surface area (Å²) in [5, 5.41) is 20.1. The van der Waals surface area contributed by atoms with E-state index in [1.807, 2.05) is 12.1 Å². The van der Waals surface area contributed by atoms with E-state index in [1.165, 1.54) is 6.20 Å². The van der Waals surface area contributed by atoms with Gasteiger partial charge in [0.25, 0.3) is 5.91 Å². The van der Waals surface area contributed by atoms with Gasteiger partial charge in [0.2, 0.25) is 0 Å². The molecule has 122 valence electrons. The predicted molar refractivity (Wildman–Crippen MR) is 89.3 cm³/mol. The minimum atomic E-state index is -0.235. The van der Waals surface area contributed by atoms with Crippen molar-refractivity contribution in [2.45, 2.75) is 31.8 Å². The summed E-state index contributed by atoms with van der Waals surface area (Å²) >= 11 is 6.01. The van der Waals surface area contributed by atoms with Crippen LogP contribution in [0.15, 0.2) is 30.5 Å². The number of hydrogen-bond donors (Lipinski definition) is 3. The Morgan fingerprint density at radius 1 is 1.43 bits per heavy atom. The fourth-order valence-corrected chi connectivity index (χ4v) is 3.29. The van der Waals surface area contributed by atoms with Crippen LogP contribution in [0.2, 0.25) is 5.02 Å². The van der Waals surface area contributed by atoms with E-state index in [2.05, 4.69) is 15.5 Å². The highest BCUT2D eigenvalue weighted by Crippen LogP contribution is 2.25. The standard InChI is InChI=1S/C17H20ClN3O2/c18-13-5-2-4-12(8-13)16-15(10-20-21-16)17(23)19-9-11-3-1-6-14(22)7-11/h2,4-5,8,10-11,14,22H,1,3,6-7,9H2,(H,19,23)(H,20,21)/t11-,14+/m0/s1. The van der Waals surface area contributed by atoms with Crippen LogP contribution in [0.5, 0.6) is 0 Å². The lowest BCUT2D eigenvalue weighted by Crippen LogP contribution is -2.33. The number of nitrogens with one attached hydrogen (secondary N) is 2. The Bertz CT molecular complexity index is 686. The highest BCUT2D eigenvalue weighted by Gasteiger charge is 2.22. The largest absolute Gasteiger partial charge is 0.393 e. The van der Waals surface area contributed by atoms with E-state index in [0.29, 0.717) is 28.7 Å². The van der Waals surface area contributed by atoms with Gasteiger partial charge in [-0.3, -0.25) is 9.89 Å². The number of carbonyl (C=O) groups excluding carboxylic acids is 1. The summed E-state index contributed by atoms with van der Waals surface area (Å²) in [6.07, 6.45) is 4.98. The molecule has 5 nitrogen and oxygen atoms in total. The van der Waals surface area contributed by atoms with Crippen molar-refractivity contribution in [2.75, 3.05) is 6.54 Å². The lowest BCUT2D eigenvalue weighted by atomic mass is 9.87. The van der Waals surface area contributed by atoms with Gasteiger partial charge in [-0.15, -0.1) is 0 Å². The molecule has 2 aromatic rings. The van der Waals surface area contributed by atoms with Gasteiger partial charge in [0.05, 0.1) is 23.6 Å². The topological polar surface area (TPSA) is 78.0 Å². The zero-order valence-corrected chi connectivity index (χ0v) is 13.5. The third-order valence-corrected chi connectivity index (χ3v) is 4.54. The molecule has 1 fully saturated rings. The van der Waals surface area contributed by atoms with E-state index in [-0.39, 0.29) is 12.0 Å². The maximum absolute atomic E-state index is 12.4. The number of aliphatic hydroxyl groups excluding tert-OH is 1. The second kappa shape index (κ2) is 7.15. The number of benzene rings is 1. The summed E-state index contributed by atoms with van der Waals surface area (Å²) in [6, 6.07) is 7.30. The molecular weight excluding hydrogens is 314 g/mol. The van der Waals surface area contributed by atoms with Crippen LogP contribution in [0, 0.1) is 5.92 Å². The van der Waals surface area contributed by atoms with E-state index in [1.54, 1.807) is 12.1 Å². The van der Waals surface area contributed by atoms with Gasteiger partial charge in [0.1, 0.15) is 0 Å². The molecule has 0 bridgehead atoms. The summed E-state index contributed by atoms with van der Waals surface area (Å²) < 4.78 is 0. The number of hydrogen-bond acceptors (Lipinski definition) is 3. The van der Waals surface area contributed by atoms with Gasteiger partial charge in [-0.2, -0.15) is 5.10 Å². The number of aliphatic hydroxyl groups is 1. The molecule has 1 aliphatic rings. The molecule has 0 saturated heterocycles. The van der Waals surface area contributed by atoms with Gasteiger partial charge in [-0.05, 0) is 37.3 Å².